The molecule has 0 spiro atoms. The Kier molecular flexibility index (Phi) is 6.72. The maximum Gasteiger partial charge on any atom is 0.586 e. The van der Waals surface area contributed by atoms with Crippen LogP contribution < -0.4 is 14.8 Å². The average molecular weight is 559 g/mol. The molecule has 204 valence electrons. The van der Waals surface area contributed by atoms with Crippen molar-refractivity contribution < 1.29 is 36.6 Å². The van der Waals surface area contributed by atoms with E-state index < -0.39 is 34.7 Å². The molecule has 0 radical (unpaired) electrons. The summed E-state index contributed by atoms with van der Waals surface area (Å²) in [5.41, 5.74) is 2.56. The van der Waals surface area contributed by atoms with Crippen LogP contribution in [0.15, 0.2) is 59.6 Å². The lowest BCUT2D eigenvalue weighted by Gasteiger charge is -2.16. The molecule has 3 heterocycles. The number of pyridine rings is 1. The average Bonchev–Trinajstić information content (AvgIpc) is 3.39. The Balaban J connectivity index is 1.34. The summed E-state index contributed by atoms with van der Waals surface area (Å²) in [6.07, 6.45) is -2.49. The van der Waals surface area contributed by atoms with Crippen molar-refractivity contribution in [3.63, 3.8) is 0 Å². The van der Waals surface area contributed by atoms with Gasteiger partial charge in [-0.3, -0.25) is 9.78 Å². The number of fused-ring (bicyclic) bond motifs is 2. The monoisotopic (exact) mass is 558 g/mol. The van der Waals surface area contributed by atoms with E-state index in [1.54, 1.807) is 31.2 Å². The summed E-state index contributed by atoms with van der Waals surface area (Å²) >= 11 is 0. The Morgan fingerprint density at radius 2 is 1.90 bits per heavy atom. The number of benzene rings is 2. The van der Waals surface area contributed by atoms with Gasteiger partial charge in [-0.1, -0.05) is 13.0 Å². The smallest absolute Gasteiger partial charge is 0.395 e. The summed E-state index contributed by atoms with van der Waals surface area (Å²) in [5.74, 6) is 0.0108. The molecule has 0 fully saturated rings. The number of nitrogens with one attached hydrogen (secondary N) is 1. The summed E-state index contributed by atoms with van der Waals surface area (Å²) in [7, 11) is -3.43. The van der Waals surface area contributed by atoms with E-state index in [1.165, 1.54) is 37.4 Å². The molecule has 2 aromatic heterocycles. The van der Waals surface area contributed by atoms with E-state index in [-0.39, 0.29) is 22.1 Å². The Hall–Kier alpha value is -4.10. The van der Waals surface area contributed by atoms with E-state index in [2.05, 4.69) is 24.8 Å². The maximum atomic E-state index is 13.4. The number of hydrogen-bond donors (Lipinski definition) is 2. The number of imidazole rings is 1. The summed E-state index contributed by atoms with van der Waals surface area (Å²) in [5, 5.41) is 12.5. The second kappa shape index (κ2) is 9.89. The van der Waals surface area contributed by atoms with Crippen molar-refractivity contribution in [2.75, 3.05) is 12.4 Å². The Morgan fingerprint density at radius 3 is 2.59 bits per heavy atom. The van der Waals surface area contributed by atoms with E-state index >= 15 is 0 Å². The first-order chi connectivity index (χ1) is 18.5. The zero-order chi connectivity index (χ0) is 27.9. The van der Waals surface area contributed by atoms with Gasteiger partial charge in [0.15, 0.2) is 21.3 Å². The third-order valence-corrected chi connectivity index (χ3v) is 8.07. The molecule has 0 saturated heterocycles. The van der Waals surface area contributed by atoms with Crippen LogP contribution in [0.2, 0.25) is 0 Å². The predicted molar refractivity (Wildman–Crippen MR) is 135 cm³/mol. The number of aliphatic hydroxyl groups is 1. The van der Waals surface area contributed by atoms with Crippen LogP contribution in [0.1, 0.15) is 40.4 Å². The van der Waals surface area contributed by atoms with Gasteiger partial charge in [0.25, 0.3) is 5.91 Å². The first-order valence-corrected chi connectivity index (χ1v) is 13.6. The molecule has 0 aliphatic carbocycles. The minimum Gasteiger partial charge on any atom is -0.395 e. The molecule has 10 nitrogen and oxygen atoms in total. The van der Waals surface area contributed by atoms with Crippen molar-refractivity contribution in [3.8, 4) is 11.5 Å². The van der Waals surface area contributed by atoms with Crippen LogP contribution >= 0.6 is 0 Å². The number of hydrogen-bond acceptors (Lipinski definition) is 8. The standard InChI is InChI=1S/C26H24F2N4O6S/c1-3-39(35,36)18-6-7-19(29-12-18)21(14-33)31-25(34)17-5-8-22-20(11-17)30-15(2)32(22)13-16-4-9-23-24(10-16)38-26(27,28)37-23/h4-12,21,33H,3,13-14H2,1-2H3,(H,31,34)/t21-/m1/s1. The lowest BCUT2D eigenvalue weighted by molar-refractivity contribution is -0.286. The second-order valence-electron chi connectivity index (χ2n) is 8.93. The van der Waals surface area contributed by atoms with Gasteiger partial charge in [-0.2, -0.15) is 0 Å². The number of halogens is 2. The molecule has 0 saturated carbocycles. The van der Waals surface area contributed by atoms with Crippen LogP contribution in [-0.2, 0) is 16.4 Å². The minimum absolute atomic E-state index is 0.0371. The number of aromatic nitrogens is 3. The zero-order valence-electron chi connectivity index (χ0n) is 20.9. The molecule has 0 bridgehead atoms. The number of amides is 1. The van der Waals surface area contributed by atoms with Gasteiger partial charge in [-0.15, -0.1) is 8.78 Å². The first kappa shape index (κ1) is 26.5. The second-order valence-corrected chi connectivity index (χ2v) is 11.2. The lowest BCUT2D eigenvalue weighted by Crippen LogP contribution is -2.31. The summed E-state index contributed by atoms with van der Waals surface area (Å²) in [4.78, 5) is 21.7. The lowest BCUT2D eigenvalue weighted by atomic mass is 10.1. The molecular formula is C26H24F2N4O6S. The Morgan fingerprint density at radius 1 is 1.13 bits per heavy atom. The molecular weight excluding hydrogens is 534 g/mol. The van der Waals surface area contributed by atoms with E-state index in [9.17, 15) is 27.1 Å². The fourth-order valence-corrected chi connectivity index (χ4v) is 5.09. The SMILES string of the molecule is CCS(=O)(=O)c1ccc([C@@H](CO)NC(=O)c2ccc3c(c2)nc(C)n3Cc2ccc3c(c2)OC(F)(F)O3)nc1. The minimum atomic E-state index is -3.69. The highest BCUT2D eigenvalue weighted by Crippen LogP contribution is 2.41. The number of aliphatic hydroxyl groups excluding tert-OH is 1. The number of nitrogens with zero attached hydrogens (tertiary/aromatic N) is 3. The highest BCUT2D eigenvalue weighted by Gasteiger charge is 2.43. The molecule has 0 unspecified atom stereocenters. The van der Waals surface area contributed by atoms with Gasteiger partial charge in [-0.25, -0.2) is 13.4 Å². The highest BCUT2D eigenvalue weighted by molar-refractivity contribution is 7.91. The van der Waals surface area contributed by atoms with Crippen molar-refractivity contribution in [2.45, 2.75) is 37.6 Å². The quantitative estimate of drug-likeness (QED) is 0.337. The molecule has 5 rings (SSSR count). The first-order valence-electron chi connectivity index (χ1n) is 12.0. The van der Waals surface area contributed by atoms with Crippen LogP contribution in [0, 0.1) is 6.92 Å². The number of rotatable bonds is 8. The number of carbonyl (C=O) groups excluding carboxylic acids is 1. The van der Waals surface area contributed by atoms with Gasteiger partial charge in [0, 0.05) is 18.3 Å². The van der Waals surface area contributed by atoms with Crippen LogP contribution in [0.4, 0.5) is 8.78 Å². The van der Waals surface area contributed by atoms with Crippen molar-refractivity contribution >= 4 is 26.8 Å². The molecule has 1 atom stereocenters. The van der Waals surface area contributed by atoms with Gasteiger partial charge in [0.05, 0.1) is 40.0 Å². The summed E-state index contributed by atoms with van der Waals surface area (Å²) in [6, 6.07) is 11.5. The van der Waals surface area contributed by atoms with Gasteiger partial charge in [-0.05, 0) is 55.0 Å². The number of alkyl halides is 2. The Bertz CT molecular complexity index is 1670. The molecule has 1 amide bonds. The largest absolute Gasteiger partial charge is 0.586 e. The number of aryl methyl sites for hydroxylation is 1. The van der Waals surface area contributed by atoms with Crippen molar-refractivity contribution in [1.29, 1.82) is 0 Å². The number of ether oxygens (including phenoxy) is 2. The van der Waals surface area contributed by atoms with Crippen molar-refractivity contribution in [2.24, 2.45) is 0 Å². The topological polar surface area (TPSA) is 133 Å². The van der Waals surface area contributed by atoms with Crippen LogP contribution in [0.5, 0.6) is 11.5 Å². The van der Waals surface area contributed by atoms with Crippen LogP contribution in [0.3, 0.4) is 0 Å². The normalized spacial score (nSPS) is 14.9. The fourth-order valence-electron chi connectivity index (χ4n) is 4.27. The molecule has 1 aliphatic rings. The number of carbonyl (C=O) groups is 1. The zero-order valence-corrected chi connectivity index (χ0v) is 21.7. The molecule has 2 aromatic carbocycles. The fraction of sp³-hybridized carbons (Fsp3) is 0.269. The Labute approximate surface area is 222 Å². The van der Waals surface area contributed by atoms with Crippen LogP contribution in [-0.4, -0.2) is 52.6 Å². The molecule has 2 N–H and O–H groups in total. The molecule has 13 heteroatoms. The molecule has 1 aliphatic heterocycles. The van der Waals surface area contributed by atoms with E-state index in [4.69, 9.17) is 0 Å². The van der Waals surface area contributed by atoms with Crippen molar-refractivity contribution in [1.82, 2.24) is 19.9 Å². The van der Waals surface area contributed by atoms with Crippen LogP contribution in [0.25, 0.3) is 11.0 Å². The summed E-state index contributed by atoms with van der Waals surface area (Å²) in [6.45, 7) is 3.19. The molecule has 4 aromatic rings. The van der Waals surface area contributed by atoms with E-state index in [0.717, 1.165) is 5.52 Å². The number of sulfone groups is 1. The third kappa shape index (κ3) is 5.27. The summed E-state index contributed by atoms with van der Waals surface area (Å²) < 4.78 is 61.6. The van der Waals surface area contributed by atoms with Gasteiger partial charge >= 0.3 is 6.29 Å². The van der Waals surface area contributed by atoms with Gasteiger partial charge in [0.1, 0.15) is 5.82 Å². The van der Waals surface area contributed by atoms with E-state index in [1.807, 2.05) is 4.57 Å². The molecule has 39 heavy (non-hydrogen) atoms. The van der Waals surface area contributed by atoms with Crippen molar-refractivity contribution in [3.05, 3.63) is 77.4 Å². The van der Waals surface area contributed by atoms with Gasteiger partial charge in [0.2, 0.25) is 0 Å². The van der Waals surface area contributed by atoms with Gasteiger partial charge < -0.3 is 24.5 Å². The highest BCUT2D eigenvalue weighted by atomic mass is 32.2. The van der Waals surface area contributed by atoms with E-state index in [0.29, 0.717) is 34.7 Å². The predicted octanol–water partition coefficient (Wildman–Crippen LogP) is 3.37. The maximum absolute atomic E-state index is 13.4. The third-order valence-electron chi connectivity index (χ3n) is 6.35.